The van der Waals surface area contributed by atoms with Crippen LogP contribution in [0.2, 0.25) is 0 Å². The summed E-state index contributed by atoms with van der Waals surface area (Å²) in [5, 5.41) is 0. The highest BCUT2D eigenvalue weighted by molar-refractivity contribution is 5.70. The molecule has 0 radical (unpaired) electrons. The lowest BCUT2D eigenvalue weighted by atomic mass is 9.89. The van der Waals surface area contributed by atoms with E-state index in [0.717, 1.165) is 16.0 Å². The predicted molar refractivity (Wildman–Crippen MR) is 132 cm³/mol. The highest BCUT2D eigenvalue weighted by Gasteiger charge is 2.43. The number of benzene rings is 2. The Morgan fingerprint density at radius 2 is 1.67 bits per heavy atom. The Hall–Kier alpha value is -3.42. The minimum atomic E-state index is -3.22. The summed E-state index contributed by atoms with van der Waals surface area (Å²) in [7, 11) is 0. The lowest BCUT2D eigenvalue weighted by molar-refractivity contribution is -0.0505. The molecule has 2 aromatic rings. The molecule has 0 aliphatic carbocycles. The summed E-state index contributed by atoms with van der Waals surface area (Å²) in [6.07, 6.45) is 1.87. The third kappa shape index (κ3) is 6.22. The van der Waals surface area contributed by atoms with Crippen LogP contribution in [0.3, 0.4) is 0 Å². The Balaban J connectivity index is 1.44. The number of likely N-dealkylation sites (tertiary alicyclic amines) is 1. The van der Waals surface area contributed by atoms with Crippen molar-refractivity contribution in [3.05, 3.63) is 76.4 Å². The van der Waals surface area contributed by atoms with Crippen LogP contribution in [-0.4, -0.2) is 47.2 Å². The Bertz CT molecular complexity index is 1130. The van der Waals surface area contributed by atoms with Crippen LogP contribution in [0, 0.1) is 0 Å². The van der Waals surface area contributed by atoms with E-state index < -0.39 is 24.2 Å². The van der Waals surface area contributed by atoms with Gasteiger partial charge in [-0.3, -0.25) is 4.90 Å². The van der Waals surface area contributed by atoms with Gasteiger partial charge >= 0.3 is 12.2 Å². The molecule has 2 amide bonds. The van der Waals surface area contributed by atoms with Crippen molar-refractivity contribution in [2.24, 2.45) is 0 Å². The van der Waals surface area contributed by atoms with E-state index in [1.807, 2.05) is 57.2 Å². The fourth-order valence-electron chi connectivity index (χ4n) is 4.51. The Morgan fingerprint density at radius 1 is 0.972 bits per heavy atom. The molecule has 6 nitrogen and oxygen atoms in total. The van der Waals surface area contributed by atoms with Gasteiger partial charge in [0.1, 0.15) is 12.2 Å². The number of hydrogen-bond donors (Lipinski definition) is 0. The third-order valence-electron chi connectivity index (χ3n) is 6.18. The summed E-state index contributed by atoms with van der Waals surface area (Å²) in [4.78, 5) is 27.6. The number of amides is 2. The van der Waals surface area contributed by atoms with Crippen molar-refractivity contribution in [2.75, 3.05) is 19.6 Å². The Kier molecular flexibility index (Phi) is 7.33. The van der Waals surface area contributed by atoms with E-state index >= 15 is 8.78 Å². The molecule has 2 aromatic carbocycles. The van der Waals surface area contributed by atoms with Crippen molar-refractivity contribution in [3.63, 3.8) is 0 Å². The van der Waals surface area contributed by atoms with Gasteiger partial charge in [0.25, 0.3) is 5.92 Å². The second-order valence-corrected chi connectivity index (χ2v) is 10.3. The molecule has 0 N–H and O–H groups in total. The lowest BCUT2D eigenvalue weighted by Gasteiger charge is -2.35. The zero-order valence-corrected chi connectivity index (χ0v) is 20.9. The number of nitrogens with zero attached hydrogens (tertiary/aromatic N) is 2. The first kappa shape index (κ1) is 25.7. The van der Waals surface area contributed by atoms with Crippen LogP contribution in [0.4, 0.5) is 18.4 Å². The monoisotopic (exact) mass is 498 g/mol. The number of hydrogen-bond acceptors (Lipinski definition) is 4. The normalized spacial score (nSPS) is 17.3. The SMILES string of the molecule is CC(C)(C)OC(=O)N1CCC(=Cc2cccc3c2C(F)(F)CN(C(=O)OCc2ccccc2)C3)CC1. The van der Waals surface area contributed by atoms with Crippen molar-refractivity contribution < 1.29 is 27.8 Å². The van der Waals surface area contributed by atoms with Gasteiger partial charge in [-0.1, -0.05) is 60.2 Å². The van der Waals surface area contributed by atoms with E-state index in [4.69, 9.17) is 9.47 Å². The number of piperidine rings is 1. The third-order valence-corrected chi connectivity index (χ3v) is 6.18. The first-order valence-electron chi connectivity index (χ1n) is 12.1. The Morgan fingerprint density at radius 3 is 2.33 bits per heavy atom. The Labute approximate surface area is 210 Å². The van der Waals surface area contributed by atoms with Crippen LogP contribution in [0.1, 0.15) is 55.9 Å². The summed E-state index contributed by atoms with van der Waals surface area (Å²) in [6, 6.07) is 14.2. The van der Waals surface area contributed by atoms with Gasteiger partial charge < -0.3 is 14.4 Å². The van der Waals surface area contributed by atoms with Gasteiger partial charge in [-0.2, -0.15) is 8.78 Å². The number of carbonyl (C=O) groups excluding carboxylic acids is 2. The zero-order valence-electron chi connectivity index (χ0n) is 20.9. The van der Waals surface area contributed by atoms with Crippen molar-refractivity contribution in [1.82, 2.24) is 9.80 Å². The van der Waals surface area contributed by atoms with Crippen LogP contribution >= 0.6 is 0 Å². The molecule has 2 aliphatic rings. The lowest BCUT2D eigenvalue weighted by Crippen LogP contribution is -2.44. The fraction of sp³-hybridized carbons (Fsp3) is 0.429. The number of ether oxygens (including phenoxy) is 2. The molecule has 8 heteroatoms. The van der Waals surface area contributed by atoms with E-state index in [1.54, 1.807) is 23.1 Å². The number of halogens is 2. The molecular weight excluding hydrogens is 466 g/mol. The first-order chi connectivity index (χ1) is 17.0. The van der Waals surface area contributed by atoms with Crippen LogP contribution in [0.25, 0.3) is 6.08 Å². The van der Waals surface area contributed by atoms with Crippen molar-refractivity contribution >= 4 is 18.3 Å². The van der Waals surface area contributed by atoms with Crippen LogP contribution in [-0.2, 0) is 28.5 Å². The topological polar surface area (TPSA) is 59.1 Å². The van der Waals surface area contributed by atoms with Gasteiger partial charge in [-0.15, -0.1) is 0 Å². The second kappa shape index (κ2) is 10.3. The highest BCUT2D eigenvalue weighted by Crippen LogP contribution is 2.40. The van der Waals surface area contributed by atoms with E-state index in [0.29, 0.717) is 37.1 Å². The highest BCUT2D eigenvalue weighted by atomic mass is 19.3. The average Bonchev–Trinajstić information content (AvgIpc) is 2.82. The fourth-order valence-corrected chi connectivity index (χ4v) is 4.51. The molecule has 0 bridgehead atoms. The van der Waals surface area contributed by atoms with E-state index in [-0.39, 0.29) is 24.8 Å². The number of carbonyl (C=O) groups is 2. The van der Waals surface area contributed by atoms with Crippen molar-refractivity contribution in [3.8, 4) is 0 Å². The molecule has 0 atom stereocenters. The van der Waals surface area contributed by atoms with Gasteiger partial charge in [0.05, 0.1) is 6.54 Å². The number of fused-ring (bicyclic) bond motifs is 1. The molecule has 4 rings (SSSR count). The number of rotatable bonds is 3. The molecule has 0 unspecified atom stereocenters. The van der Waals surface area contributed by atoms with E-state index in [1.165, 1.54) is 0 Å². The van der Waals surface area contributed by atoms with E-state index in [2.05, 4.69) is 0 Å². The molecule has 0 spiro atoms. The largest absolute Gasteiger partial charge is 0.445 e. The molecule has 0 aromatic heterocycles. The van der Waals surface area contributed by atoms with Gasteiger partial charge in [-0.25, -0.2) is 9.59 Å². The molecule has 36 heavy (non-hydrogen) atoms. The molecule has 0 saturated carbocycles. The minimum absolute atomic E-state index is 0.0288. The quantitative estimate of drug-likeness (QED) is 0.495. The molecule has 2 heterocycles. The number of alkyl halides is 2. The summed E-state index contributed by atoms with van der Waals surface area (Å²) in [5.41, 5.74) is 2.05. The van der Waals surface area contributed by atoms with Crippen molar-refractivity contribution in [1.29, 1.82) is 0 Å². The van der Waals surface area contributed by atoms with Crippen LogP contribution in [0.5, 0.6) is 0 Å². The van der Waals surface area contributed by atoms with Gasteiger partial charge in [0.15, 0.2) is 0 Å². The predicted octanol–water partition coefficient (Wildman–Crippen LogP) is 6.35. The summed E-state index contributed by atoms with van der Waals surface area (Å²) in [5.74, 6) is -3.22. The molecule has 1 fully saturated rings. The summed E-state index contributed by atoms with van der Waals surface area (Å²) >= 11 is 0. The second-order valence-electron chi connectivity index (χ2n) is 10.3. The average molecular weight is 499 g/mol. The standard InChI is InChI=1S/C28H32F2N2O4/c1-27(2,3)36-26(34)31-14-12-20(13-15-31)16-22-10-7-11-23-17-32(19-28(29,30)24(22)23)25(33)35-18-21-8-5-4-6-9-21/h4-11,16H,12-15,17-19H2,1-3H3. The van der Waals surface area contributed by atoms with E-state index in [9.17, 15) is 9.59 Å². The van der Waals surface area contributed by atoms with Gasteiger partial charge in [0.2, 0.25) is 0 Å². The summed E-state index contributed by atoms with van der Waals surface area (Å²) in [6.45, 7) is 5.78. The maximum Gasteiger partial charge on any atom is 0.410 e. The van der Waals surface area contributed by atoms with Gasteiger partial charge in [-0.05, 0) is 50.3 Å². The maximum absolute atomic E-state index is 15.4. The zero-order chi connectivity index (χ0) is 25.9. The smallest absolute Gasteiger partial charge is 0.410 e. The first-order valence-corrected chi connectivity index (χ1v) is 12.1. The molecule has 192 valence electrons. The van der Waals surface area contributed by atoms with Crippen molar-refractivity contribution in [2.45, 2.75) is 58.3 Å². The molecule has 2 aliphatic heterocycles. The molecular formula is C28H32F2N2O4. The maximum atomic E-state index is 15.4. The van der Waals surface area contributed by atoms with Gasteiger partial charge in [0, 0.05) is 25.2 Å². The summed E-state index contributed by atoms with van der Waals surface area (Å²) < 4.78 is 41.4. The minimum Gasteiger partial charge on any atom is -0.445 e. The molecule has 1 saturated heterocycles. The van der Waals surface area contributed by atoms with Crippen LogP contribution < -0.4 is 0 Å². The van der Waals surface area contributed by atoms with Crippen LogP contribution in [0.15, 0.2) is 54.1 Å².